The Morgan fingerprint density at radius 1 is 0.367 bits per heavy atom. The van der Waals surface area contributed by atoms with Crippen LogP contribution in [0, 0.1) is 20.5 Å². The van der Waals surface area contributed by atoms with Gasteiger partial charge in [-0.15, -0.1) is 20.5 Å². The largest absolute Gasteiger partial charge is 2.00 e. The van der Waals surface area contributed by atoms with Crippen molar-refractivity contribution in [3.8, 4) is 0 Å². The Hall–Kier alpha value is -3.55. The van der Waals surface area contributed by atoms with E-state index in [1.54, 1.807) is 0 Å². The van der Waals surface area contributed by atoms with Gasteiger partial charge in [-0.1, -0.05) is 30.3 Å². The van der Waals surface area contributed by atoms with Crippen LogP contribution in [-0.4, -0.2) is 34.7 Å². The van der Waals surface area contributed by atoms with Crippen molar-refractivity contribution in [3.05, 3.63) is 150 Å². The molecule has 0 aliphatic carbocycles. The molecule has 0 aliphatic heterocycles. The molecule has 0 N–H and O–H groups in total. The van der Waals surface area contributed by atoms with Gasteiger partial charge in [-0.2, -0.15) is 0 Å². The number of rotatable bonds is 12. The van der Waals surface area contributed by atoms with Crippen LogP contribution in [-0.2, 0) is 56.3 Å². The van der Waals surface area contributed by atoms with Crippen molar-refractivity contribution >= 4 is 0 Å². The number of aromatic nitrogens is 5. The Balaban J connectivity index is 0.000000667. The molecule has 0 saturated carbocycles. The topological polar surface area (TPSA) is 255 Å². The van der Waals surface area contributed by atoms with Crippen molar-refractivity contribution in [1.29, 1.82) is 0 Å². The molecule has 5 rings (SSSR count). The Bertz CT molecular complexity index is 1390. The van der Waals surface area contributed by atoms with Gasteiger partial charge in [-0.3, -0.25) is 34.7 Å². The summed E-state index contributed by atoms with van der Waals surface area (Å²) in [5.41, 5.74) is 6.14. The molecule has 15 nitrogen and oxygen atoms in total. The van der Waals surface area contributed by atoms with Gasteiger partial charge in [0.15, 0.2) is 0 Å². The molecular formula is C31H31Cl2FeN7O8. The van der Waals surface area contributed by atoms with Crippen molar-refractivity contribution in [2.45, 2.75) is 39.3 Å². The summed E-state index contributed by atoms with van der Waals surface area (Å²) >= 11 is 0. The van der Waals surface area contributed by atoms with Crippen molar-refractivity contribution in [1.82, 2.24) is 34.7 Å². The summed E-state index contributed by atoms with van der Waals surface area (Å²) in [4.78, 5) is 27.9. The number of pyridine rings is 5. The number of hydrogen-bond donors (Lipinski definition) is 0. The quantitative estimate of drug-likeness (QED) is 0.109. The Morgan fingerprint density at radius 2 is 0.592 bits per heavy atom. The van der Waals surface area contributed by atoms with Crippen LogP contribution in [0.15, 0.2) is 116 Å². The molecule has 49 heavy (non-hydrogen) atoms. The van der Waals surface area contributed by atoms with E-state index < -0.39 is 20.5 Å². The van der Waals surface area contributed by atoms with Gasteiger partial charge in [0.25, 0.3) is 0 Å². The molecule has 0 aromatic carbocycles. The third kappa shape index (κ3) is 20.5. The molecule has 0 aliphatic rings. The summed E-state index contributed by atoms with van der Waals surface area (Å²) in [6.07, 6.45) is 7.35. The Kier molecular flexibility index (Phi) is 18.3. The predicted molar refractivity (Wildman–Crippen MR) is 147 cm³/mol. The molecule has 260 valence electrons. The number of nitrogens with zero attached hydrogens (tertiary/aromatic N) is 7. The van der Waals surface area contributed by atoms with Crippen molar-refractivity contribution in [3.63, 3.8) is 0 Å². The van der Waals surface area contributed by atoms with Gasteiger partial charge in [0.1, 0.15) is 0 Å². The van der Waals surface area contributed by atoms with E-state index in [0.29, 0.717) is 13.1 Å². The van der Waals surface area contributed by atoms with Crippen molar-refractivity contribution < 1.29 is 74.8 Å². The molecule has 18 heteroatoms. The third-order valence-corrected chi connectivity index (χ3v) is 6.08. The first-order chi connectivity index (χ1) is 22.8. The van der Waals surface area contributed by atoms with Crippen LogP contribution in [0.5, 0.6) is 0 Å². The van der Waals surface area contributed by atoms with E-state index in [-0.39, 0.29) is 17.1 Å². The van der Waals surface area contributed by atoms with E-state index in [9.17, 15) is 0 Å². The summed E-state index contributed by atoms with van der Waals surface area (Å²) in [7, 11) is -9.89. The SMILES string of the molecule is [Fe+2].[O-][Cl+3]([O-])([O-])[O-].[O-][Cl+3]([O-])([O-])[O-].c1ccc(CN(Cc2ccccn2)Cc2cccc(CN(Cc3ccccn3)Cc3ccccn3)n2)nc1. The van der Waals surface area contributed by atoms with Gasteiger partial charge in [0, 0.05) is 64.1 Å². The van der Waals surface area contributed by atoms with Crippen LogP contribution in [0.1, 0.15) is 34.2 Å². The van der Waals surface area contributed by atoms with Crippen LogP contribution in [0.3, 0.4) is 0 Å². The molecule has 0 atom stereocenters. The fourth-order valence-corrected chi connectivity index (χ4v) is 4.38. The second-order valence-corrected chi connectivity index (χ2v) is 11.5. The summed E-state index contributed by atoms with van der Waals surface area (Å²) in [6, 6.07) is 30.4. The Morgan fingerprint density at radius 3 is 0.816 bits per heavy atom. The predicted octanol–water partition coefficient (Wildman–Crippen LogP) is -4.45. The minimum atomic E-state index is -4.94. The average molecular weight is 756 g/mol. The van der Waals surface area contributed by atoms with Crippen LogP contribution in [0.4, 0.5) is 0 Å². The van der Waals surface area contributed by atoms with E-state index >= 15 is 0 Å². The first-order valence-electron chi connectivity index (χ1n) is 14.0. The maximum Gasteiger partial charge on any atom is 2.00 e. The molecule has 0 fully saturated rings. The zero-order valence-corrected chi connectivity index (χ0v) is 28.3. The molecule has 0 saturated heterocycles. The van der Waals surface area contributed by atoms with Crippen LogP contribution in [0.2, 0.25) is 0 Å². The minimum absolute atomic E-state index is 0. The number of halogens is 2. The maximum atomic E-state index is 8.49. The van der Waals surface area contributed by atoms with Gasteiger partial charge in [0.05, 0.1) is 34.2 Å². The fourth-order valence-electron chi connectivity index (χ4n) is 4.38. The molecule has 0 bridgehead atoms. The van der Waals surface area contributed by atoms with Gasteiger partial charge in [-0.25, -0.2) is 37.3 Å². The van der Waals surface area contributed by atoms with Crippen LogP contribution in [0.25, 0.3) is 0 Å². The second-order valence-electron chi connectivity index (χ2n) is 9.95. The third-order valence-electron chi connectivity index (χ3n) is 6.08. The minimum Gasteiger partial charge on any atom is -0.286 e. The van der Waals surface area contributed by atoms with Crippen LogP contribution < -0.4 is 37.3 Å². The summed E-state index contributed by atoms with van der Waals surface area (Å²) in [5, 5.41) is 0. The zero-order chi connectivity index (χ0) is 34.8. The second kappa shape index (κ2) is 21.5. The summed E-state index contributed by atoms with van der Waals surface area (Å²) < 4.78 is 67.9. The summed E-state index contributed by atoms with van der Waals surface area (Å²) in [5.74, 6) is 0. The molecule has 5 aromatic heterocycles. The zero-order valence-electron chi connectivity index (χ0n) is 25.7. The van der Waals surface area contributed by atoms with Gasteiger partial charge in [0.2, 0.25) is 0 Å². The van der Waals surface area contributed by atoms with E-state index in [0.717, 1.165) is 60.3 Å². The van der Waals surface area contributed by atoms with Gasteiger partial charge in [-0.05, 0) is 60.7 Å². The van der Waals surface area contributed by atoms with E-state index in [2.05, 4.69) is 72.2 Å². The molecule has 0 unspecified atom stereocenters. The Labute approximate surface area is 297 Å². The van der Waals surface area contributed by atoms with E-state index in [1.807, 2.05) is 73.3 Å². The molecule has 0 spiro atoms. The molecule has 0 radical (unpaired) electrons. The molecule has 0 amide bonds. The first kappa shape index (κ1) is 41.6. The van der Waals surface area contributed by atoms with Crippen molar-refractivity contribution in [2.24, 2.45) is 0 Å². The van der Waals surface area contributed by atoms with Gasteiger partial charge >= 0.3 is 17.1 Å². The fraction of sp³-hybridized carbons (Fsp3) is 0.194. The van der Waals surface area contributed by atoms with E-state index in [4.69, 9.17) is 42.3 Å². The first-order valence-corrected chi connectivity index (χ1v) is 16.5. The summed E-state index contributed by atoms with van der Waals surface area (Å²) in [6.45, 7) is 4.26. The van der Waals surface area contributed by atoms with Gasteiger partial charge < -0.3 is 0 Å². The average Bonchev–Trinajstić information content (AvgIpc) is 3.02. The molecule has 5 aromatic rings. The van der Waals surface area contributed by atoms with Crippen molar-refractivity contribution in [2.75, 3.05) is 0 Å². The monoisotopic (exact) mass is 755 g/mol. The molecular weight excluding hydrogens is 725 g/mol. The smallest absolute Gasteiger partial charge is 0.286 e. The number of hydrogen-bond acceptors (Lipinski definition) is 15. The standard InChI is InChI=1S/C31H31N7.2ClHO4.Fe/c1-5-16-32-26(10-1)20-37(21-27-11-2-6-17-33-27)24-30-14-9-15-31(36-30)25-38(22-28-12-3-7-18-34-28)23-29-13-4-8-19-35-29;2*2-1(3,4)5;/h1-19H,20-25H2;2*(H,2,3,4,5);/q;;;+2/p-2. The van der Waals surface area contributed by atoms with Crippen LogP contribution >= 0.6 is 0 Å². The molecule has 5 heterocycles. The van der Waals surface area contributed by atoms with E-state index in [1.165, 1.54) is 0 Å². The normalized spacial score (nSPS) is 11.1. The maximum absolute atomic E-state index is 8.49.